The number of carbonyl (C=O) groups is 1. The Labute approximate surface area is 119 Å². The maximum atomic E-state index is 13.0. The average Bonchev–Trinajstić information content (AvgIpc) is 2.48. The molecule has 5 heteroatoms. The Balaban J connectivity index is 2.10. The zero-order chi connectivity index (χ0) is 14.1. The van der Waals surface area contributed by atoms with Crippen LogP contribution in [0.1, 0.15) is 5.56 Å². The second-order valence-corrected chi connectivity index (χ2v) is 5.31. The van der Waals surface area contributed by atoms with Gasteiger partial charge in [-0.05, 0) is 42.5 Å². The molecule has 1 aliphatic rings. The summed E-state index contributed by atoms with van der Waals surface area (Å²) in [5.41, 5.74) is 1.92. The van der Waals surface area contributed by atoms with Gasteiger partial charge in [0.05, 0.1) is 23.1 Å². The maximum Gasteiger partial charge on any atom is 0.241 e. The van der Waals surface area contributed by atoms with E-state index in [0.29, 0.717) is 17.0 Å². The van der Waals surface area contributed by atoms with Gasteiger partial charge in [0.25, 0.3) is 0 Å². The van der Waals surface area contributed by atoms with E-state index >= 15 is 0 Å². The molecule has 0 radical (unpaired) electrons. The Morgan fingerprint density at radius 3 is 2.65 bits per heavy atom. The first-order chi connectivity index (χ1) is 9.69. The van der Waals surface area contributed by atoms with Crippen LogP contribution in [0.15, 0.2) is 47.4 Å². The van der Waals surface area contributed by atoms with E-state index in [2.05, 4.69) is 6.07 Å². The van der Waals surface area contributed by atoms with E-state index in [-0.39, 0.29) is 11.7 Å². The summed E-state index contributed by atoms with van der Waals surface area (Å²) in [7, 11) is 0. The Kier molecular flexibility index (Phi) is 3.17. The average molecular weight is 284 g/mol. The molecule has 0 saturated carbocycles. The maximum absolute atomic E-state index is 13.0. The number of fused-ring (bicyclic) bond motifs is 1. The molecule has 1 amide bonds. The summed E-state index contributed by atoms with van der Waals surface area (Å²) in [5, 5.41) is 8.92. The summed E-state index contributed by atoms with van der Waals surface area (Å²) >= 11 is 1.41. The minimum absolute atomic E-state index is 0.0567. The van der Waals surface area contributed by atoms with Crippen molar-refractivity contribution in [1.82, 2.24) is 0 Å². The van der Waals surface area contributed by atoms with Crippen molar-refractivity contribution in [2.75, 3.05) is 10.7 Å². The normalized spacial score (nSPS) is 13.8. The van der Waals surface area contributed by atoms with Crippen LogP contribution < -0.4 is 4.90 Å². The number of benzene rings is 2. The predicted octanol–water partition coefficient (Wildman–Crippen LogP) is 3.47. The lowest BCUT2D eigenvalue weighted by Crippen LogP contribution is -2.30. The molecule has 98 valence electrons. The van der Waals surface area contributed by atoms with Crippen LogP contribution in [0.5, 0.6) is 0 Å². The third kappa shape index (κ3) is 2.15. The van der Waals surface area contributed by atoms with Crippen molar-refractivity contribution in [2.45, 2.75) is 4.90 Å². The van der Waals surface area contributed by atoms with Gasteiger partial charge in [0, 0.05) is 10.6 Å². The minimum Gasteiger partial charge on any atom is -0.279 e. The standard InChI is InChI=1S/C15H9FN2OS/c16-11-2-4-12(5-3-11)18-13-6-1-10(8-17)7-14(13)20-9-15(18)19/h1-7H,9H2. The Hall–Kier alpha value is -2.32. The summed E-state index contributed by atoms with van der Waals surface area (Å²) in [6.07, 6.45) is 0. The number of rotatable bonds is 1. The van der Waals surface area contributed by atoms with Crippen LogP contribution in [-0.4, -0.2) is 11.7 Å². The highest BCUT2D eigenvalue weighted by Gasteiger charge is 2.26. The van der Waals surface area contributed by atoms with E-state index in [9.17, 15) is 9.18 Å². The van der Waals surface area contributed by atoms with Gasteiger partial charge in [-0.2, -0.15) is 5.26 Å². The van der Waals surface area contributed by atoms with Crippen LogP contribution in [0.4, 0.5) is 15.8 Å². The van der Waals surface area contributed by atoms with Crippen molar-refractivity contribution in [3.63, 3.8) is 0 Å². The van der Waals surface area contributed by atoms with E-state index in [1.165, 1.54) is 23.9 Å². The molecule has 2 aromatic carbocycles. The number of amides is 1. The molecule has 3 rings (SSSR count). The molecule has 1 aliphatic heterocycles. The number of halogens is 1. The van der Waals surface area contributed by atoms with Gasteiger partial charge in [-0.15, -0.1) is 11.8 Å². The van der Waals surface area contributed by atoms with Gasteiger partial charge in [-0.1, -0.05) is 0 Å². The summed E-state index contributed by atoms with van der Waals surface area (Å²) in [6.45, 7) is 0. The molecule has 0 fully saturated rings. The quantitative estimate of drug-likeness (QED) is 0.805. The second-order valence-electron chi connectivity index (χ2n) is 4.29. The first-order valence-electron chi connectivity index (χ1n) is 5.94. The molecule has 0 atom stereocenters. The van der Waals surface area contributed by atoms with E-state index in [1.807, 2.05) is 0 Å². The molecule has 20 heavy (non-hydrogen) atoms. The predicted molar refractivity (Wildman–Crippen MR) is 75.4 cm³/mol. The SMILES string of the molecule is N#Cc1ccc2c(c1)SCC(=O)N2c1ccc(F)cc1. The number of thioether (sulfide) groups is 1. The van der Waals surface area contributed by atoms with Gasteiger partial charge in [-0.25, -0.2) is 4.39 Å². The van der Waals surface area contributed by atoms with E-state index in [1.54, 1.807) is 35.2 Å². The van der Waals surface area contributed by atoms with Crippen LogP contribution in [0, 0.1) is 17.1 Å². The molecular weight excluding hydrogens is 275 g/mol. The highest BCUT2D eigenvalue weighted by atomic mass is 32.2. The summed E-state index contributed by atoms with van der Waals surface area (Å²) in [4.78, 5) is 14.6. The summed E-state index contributed by atoms with van der Waals surface area (Å²) in [5.74, 6) is -0.0920. The lowest BCUT2D eigenvalue weighted by Gasteiger charge is -2.29. The monoisotopic (exact) mass is 284 g/mol. The summed E-state index contributed by atoms with van der Waals surface area (Å²) < 4.78 is 13.0. The minimum atomic E-state index is -0.340. The molecule has 2 aromatic rings. The van der Waals surface area contributed by atoms with Gasteiger partial charge in [0.2, 0.25) is 5.91 Å². The summed E-state index contributed by atoms with van der Waals surface area (Å²) in [6, 6.07) is 13.1. The molecular formula is C15H9FN2OS. The van der Waals surface area contributed by atoms with Gasteiger partial charge < -0.3 is 0 Å². The van der Waals surface area contributed by atoms with Gasteiger partial charge in [0.1, 0.15) is 5.82 Å². The Morgan fingerprint density at radius 2 is 1.95 bits per heavy atom. The highest BCUT2D eigenvalue weighted by molar-refractivity contribution is 8.00. The van der Waals surface area contributed by atoms with E-state index < -0.39 is 0 Å². The molecule has 0 spiro atoms. The fourth-order valence-electron chi connectivity index (χ4n) is 2.10. The lowest BCUT2D eigenvalue weighted by atomic mass is 10.2. The number of nitriles is 1. The molecule has 0 bridgehead atoms. The van der Waals surface area contributed by atoms with Gasteiger partial charge >= 0.3 is 0 Å². The lowest BCUT2D eigenvalue weighted by molar-refractivity contribution is -0.115. The first kappa shape index (κ1) is 12.7. The van der Waals surface area contributed by atoms with Crippen LogP contribution in [0.25, 0.3) is 0 Å². The zero-order valence-corrected chi connectivity index (χ0v) is 11.2. The third-order valence-electron chi connectivity index (χ3n) is 3.02. The van der Waals surface area contributed by atoms with Crippen LogP contribution in [-0.2, 0) is 4.79 Å². The number of nitrogens with zero attached hydrogens (tertiary/aromatic N) is 2. The van der Waals surface area contributed by atoms with Crippen molar-refractivity contribution in [3.05, 3.63) is 53.8 Å². The van der Waals surface area contributed by atoms with Crippen molar-refractivity contribution >= 4 is 29.0 Å². The fourth-order valence-corrected chi connectivity index (χ4v) is 3.02. The number of anilines is 2. The van der Waals surface area contributed by atoms with Gasteiger partial charge in [-0.3, -0.25) is 9.69 Å². The van der Waals surface area contributed by atoms with E-state index in [0.717, 1.165) is 10.6 Å². The smallest absolute Gasteiger partial charge is 0.241 e. The molecule has 0 aromatic heterocycles. The molecule has 0 unspecified atom stereocenters. The molecule has 0 saturated heterocycles. The number of carbonyl (C=O) groups excluding carboxylic acids is 1. The fraction of sp³-hybridized carbons (Fsp3) is 0.0667. The third-order valence-corrected chi connectivity index (χ3v) is 4.04. The molecule has 1 heterocycles. The molecule has 0 aliphatic carbocycles. The van der Waals surface area contributed by atoms with Crippen molar-refractivity contribution in [3.8, 4) is 6.07 Å². The van der Waals surface area contributed by atoms with Crippen molar-refractivity contribution in [1.29, 1.82) is 5.26 Å². The largest absolute Gasteiger partial charge is 0.279 e. The second kappa shape index (κ2) is 4.99. The number of hydrogen-bond donors (Lipinski definition) is 0. The van der Waals surface area contributed by atoms with Crippen LogP contribution in [0.2, 0.25) is 0 Å². The molecule has 3 nitrogen and oxygen atoms in total. The van der Waals surface area contributed by atoms with Crippen LogP contribution in [0.3, 0.4) is 0 Å². The van der Waals surface area contributed by atoms with Crippen molar-refractivity contribution in [2.24, 2.45) is 0 Å². The Morgan fingerprint density at radius 1 is 1.20 bits per heavy atom. The van der Waals surface area contributed by atoms with E-state index in [4.69, 9.17) is 5.26 Å². The number of hydrogen-bond acceptors (Lipinski definition) is 3. The van der Waals surface area contributed by atoms with Gasteiger partial charge in [0.15, 0.2) is 0 Å². The topological polar surface area (TPSA) is 44.1 Å². The zero-order valence-electron chi connectivity index (χ0n) is 10.3. The Bertz CT molecular complexity index is 722. The van der Waals surface area contributed by atoms with Crippen molar-refractivity contribution < 1.29 is 9.18 Å². The first-order valence-corrected chi connectivity index (χ1v) is 6.93. The highest BCUT2D eigenvalue weighted by Crippen LogP contribution is 2.39. The van der Waals surface area contributed by atoms with Crippen LogP contribution >= 0.6 is 11.8 Å². The molecule has 0 N–H and O–H groups in total.